The fraction of sp³-hybridized carbons (Fsp3) is 0.174. The Morgan fingerprint density at radius 3 is 2.48 bits per heavy atom. The Labute approximate surface area is 198 Å². The number of thioether (sulfide) groups is 1. The van der Waals surface area contributed by atoms with Crippen molar-refractivity contribution in [2.75, 3.05) is 0 Å². The molecule has 0 aliphatic heterocycles. The van der Waals surface area contributed by atoms with Gasteiger partial charge in [0.15, 0.2) is 0 Å². The Bertz CT molecular complexity index is 1280. The second kappa shape index (κ2) is 9.97. The summed E-state index contributed by atoms with van der Waals surface area (Å²) < 4.78 is 5.19. The molecule has 4 rings (SSSR count). The van der Waals surface area contributed by atoms with Gasteiger partial charge in [-0.05, 0) is 32.9 Å². The number of hydrazine groups is 1. The van der Waals surface area contributed by atoms with Crippen molar-refractivity contribution in [3.63, 3.8) is 0 Å². The lowest BCUT2D eigenvalue weighted by Gasteiger charge is -2.10. The zero-order valence-corrected chi connectivity index (χ0v) is 19.8. The van der Waals surface area contributed by atoms with Crippen molar-refractivity contribution in [3.05, 3.63) is 81.8 Å². The van der Waals surface area contributed by atoms with Crippen molar-refractivity contribution in [2.24, 2.45) is 0 Å². The van der Waals surface area contributed by atoms with Crippen molar-refractivity contribution < 1.29 is 14.1 Å². The number of benzene rings is 1. The van der Waals surface area contributed by atoms with Crippen LogP contribution in [0.25, 0.3) is 10.6 Å². The number of aryl methyl sites for hydroxylation is 3. The van der Waals surface area contributed by atoms with Crippen LogP contribution < -0.4 is 10.9 Å². The molecule has 3 heterocycles. The van der Waals surface area contributed by atoms with Crippen LogP contribution in [-0.2, 0) is 5.75 Å². The third-order valence-corrected chi connectivity index (χ3v) is 7.10. The standard InChI is InChI=1S/C23H21N5O3S2/c1-13-18(15(3)31-28-13)12-32-23-17(10-7-11-24-23)20(29)26-27-21(30)19-14(2)25-22(33-19)16-8-5-4-6-9-16/h4-11H,12H2,1-3H3,(H,26,29)(H,27,30). The van der Waals surface area contributed by atoms with E-state index in [2.05, 4.69) is 26.0 Å². The Balaban J connectivity index is 1.42. The average molecular weight is 480 g/mol. The van der Waals surface area contributed by atoms with Crippen LogP contribution in [0.3, 0.4) is 0 Å². The monoisotopic (exact) mass is 479 g/mol. The van der Waals surface area contributed by atoms with E-state index in [1.54, 1.807) is 25.3 Å². The third kappa shape index (κ3) is 5.12. The van der Waals surface area contributed by atoms with E-state index in [9.17, 15) is 9.59 Å². The van der Waals surface area contributed by atoms with Gasteiger partial charge in [-0.25, -0.2) is 9.97 Å². The lowest BCUT2D eigenvalue weighted by molar-refractivity contribution is 0.0846. The van der Waals surface area contributed by atoms with E-state index in [1.807, 2.05) is 44.2 Å². The molecule has 1 aromatic carbocycles. The Morgan fingerprint density at radius 2 is 1.76 bits per heavy atom. The molecule has 0 spiro atoms. The summed E-state index contributed by atoms with van der Waals surface area (Å²) in [4.78, 5) is 34.7. The molecule has 0 bridgehead atoms. The fourth-order valence-corrected chi connectivity index (χ4v) is 5.19. The van der Waals surface area contributed by atoms with Gasteiger partial charge in [-0.3, -0.25) is 20.4 Å². The summed E-state index contributed by atoms with van der Waals surface area (Å²) >= 11 is 2.68. The van der Waals surface area contributed by atoms with Gasteiger partial charge in [0, 0.05) is 23.1 Å². The molecule has 33 heavy (non-hydrogen) atoms. The fourth-order valence-electron chi connectivity index (χ4n) is 3.08. The normalized spacial score (nSPS) is 10.8. The minimum Gasteiger partial charge on any atom is -0.361 e. The Hall–Kier alpha value is -3.50. The number of nitrogens with zero attached hydrogens (tertiary/aromatic N) is 3. The summed E-state index contributed by atoms with van der Waals surface area (Å²) in [5, 5.41) is 5.24. The highest BCUT2D eigenvalue weighted by atomic mass is 32.2. The van der Waals surface area contributed by atoms with E-state index in [1.165, 1.54) is 23.1 Å². The summed E-state index contributed by atoms with van der Waals surface area (Å²) in [6.45, 7) is 5.49. The molecule has 0 aliphatic carbocycles. The van der Waals surface area contributed by atoms with Crippen molar-refractivity contribution >= 4 is 34.9 Å². The molecule has 0 fully saturated rings. The second-order valence-electron chi connectivity index (χ2n) is 7.16. The summed E-state index contributed by atoms with van der Waals surface area (Å²) in [5.74, 6) is 0.425. The molecule has 0 saturated carbocycles. The zero-order valence-electron chi connectivity index (χ0n) is 18.2. The number of hydrogen-bond acceptors (Lipinski definition) is 8. The number of pyridine rings is 1. The molecule has 168 valence electrons. The highest BCUT2D eigenvalue weighted by molar-refractivity contribution is 7.98. The van der Waals surface area contributed by atoms with E-state index >= 15 is 0 Å². The molecule has 0 unspecified atom stereocenters. The van der Waals surface area contributed by atoms with Gasteiger partial charge in [-0.1, -0.05) is 35.5 Å². The molecule has 0 atom stereocenters. The highest BCUT2D eigenvalue weighted by Crippen LogP contribution is 2.28. The molecule has 2 N–H and O–H groups in total. The first-order chi connectivity index (χ1) is 15.9. The maximum atomic E-state index is 12.8. The van der Waals surface area contributed by atoms with Crippen LogP contribution in [0.5, 0.6) is 0 Å². The summed E-state index contributed by atoms with van der Waals surface area (Å²) in [6, 6.07) is 13.0. The number of carbonyl (C=O) groups excluding carboxylic acids is 2. The lowest BCUT2D eigenvalue weighted by Crippen LogP contribution is -2.41. The SMILES string of the molecule is Cc1nc(-c2ccccc2)sc1C(=O)NNC(=O)c1cccnc1SCc1c(C)noc1C. The van der Waals surface area contributed by atoms with E-state index in [0.29, 0.717) is 26.9 Å². The molecule has 3 aromatic heterocycles. The number of carbonyl (C=O) groups is 2. The van der Waals surface area contributed by atoms with Crippen molar-refractivity contribution in [2.45, 2.75) is 31.6 Å². The van der Waals surface area contributed by atoms with Gasteiger partial charge < -0.3 is 4.52 Å². The number of rotatable bonds is 6. The van der Waals surface area contributed by atoms with Crippen molar-refractivity contribution in [3.8, 4) is 10.6 Å². The zero-order chi connectivity index (χ0) is 23.4. The number of aromatic nitrogens is 3. The molecule has 8 nitrogen and oxygen atoms in total. The molecule has 0 radical (unpaired) electrons. The van der Waals surface area contributed by atoms with Gasteiger partial charge in [-0.2, -0.15) is 0 Å². The number of thiazole rings is 1. The maximum Gasteiger partial charge on any atom is 0.281 e. The summed E-state index contributed by atoms with van der Waals surface area (Å²) in [5.41, 5.74) is 8.65. The minimum absolute atomic E-state index is 0.362. The van der Waals surface area contributed by atoms with E-state index in [0.717, 1.165) is 27.6 Å². The van der Waals surface area contributed by atoms with Crippen LogP contribution in [-0.4, -0.2) is 26.9 Å². The average Bonchev–Trinajstić information content (AvgIpc) is 3.38. The van der Waals surface area contributed by atoms with E-state index in [4.69, 9.17) is 4.52 Å². The third-order valence-electron chi connectivity index (χ3n) is 4.86. The predicted octanol–water partition coefficient (Wildman–Crippen LogP) is 4.49. The molecule has 4 aromatic rings. The molecule has 0 saturated heterocycles. The maximum absolute atomic E-state index is 12.8. The van der Waals surface area contributed by atoms with Crippen LogP contribution in [0, 0.1) is 20.8 Å². The van der Waals surface area contributed by atoms with Crippen LogP contribution in [0.2, 0.25) is 0 Å². The topological polar surface area (TPSA) is 110 Å². The number of nitrogens with one attached hydrogen (secondary N) is 2. The van der Waals surface area contributed by atoms with Crippen LogP contribution >= 0.6 is 23.1 Å². The second-order valence-corrected chi connectivity index (χ2v) is 9.12. The van der Waals surface area contributed by atoms with Gasteiger partial charge in [-0.15, -0.1) is 23.1 Å². The lowest BCUT2D eigenvalue weighted by atomic mass is 10.2. The van der Waals surface area contributed by atoms with Crippen LogP contribution in [0.15, 0.2) is 58.2 Å². The molecular weight excluding hydrogens is 458 g/mol. The number of hydrogen-bond donors (Lipinski definition) is 2. The largest absolute Gasteiger partial charge is 0.361 e. The van der Waals surface area contributed by atoms with E-state index < -0.39 is 11.8 Å². The van der Waals surface area contributed by atoms with Gasteiger partial charge in [0.05, 0.1) is 17.0 Å². The van der Waals surface area contributed by atoms with Gasteiger partial charge in [0.2, 0.25) is 0 Å². The van der Waals surface area contributed by atoms with Crippen LogP contribution in [0.1, 0.15) is 42.7 Å². The molecule has 0 aliphatic rings. The van der Waals surface area contributed by atoms with Gasteiger partial charge >= 0.3 is 0 Å². The van der Waals surface area contributed by atoms with Crippen molar-refractivity contribution in [1.29, 1.82) is 0 Å². The van der Waals surface area contributed by atoms with E-state index in [-0.39, 0.29) is 0 Å². The molecular formula is C23H21N5O3S2. The quantitative estimate of drug-likeness (QED) is 0.310. The first-order valence-corrected chi connectivity index (χ1v) is 11.9. The van der Waals surface area contributed by atoms with Gasteiger partial charge in [0.25, 0.3) is 11.8 Å². The first-order valence-electron chi connectivity index (χ1n) is 10.1. The first kappa shape index (κ1) is 22.7. The minimum atomic E-state index is -0.455. The van der Waals surface area contributed by atoms with Crippen LogP contribution in [0.4, 0.5) is 0 Å². The van der Waals surface area contributed by atoms with Crippen molar-refractivity contribution in [1.82, 2.24) is 26.0 Å². The Kier molecular flexibility index (Phi) is 6.85. The Morgan fingerprint density at radius 1 is 1.00 bits per heavy atom. The number of amides is 2. The molecule has 2 amide bonds. The highest BCUT2D eigenvalue weighted by Gasteiger charge is 2.19. The molecule has 10 heteroatoms. The summed E-state index contributed by atoms with van der Waals surface area (Å²) in [6.07, 6.45) is 1.62. The van der Waals surface area contributed by atoms with Gasteiger partial charge in [0.1, 0.15) is 20.7 Å². The summed E-state index contributed by atoms with van der Waals surface area (Å²) in [7, 11) is 0. The smallest absolute Gasteiger partial charge is 0.281 e. The predicted molar refractivity (Wildman–Crippen MR) is 127 cm³/mol.